The van der Waals surface area contributed by atoms with Gasteiger partial charge in [0.25, 0.3) is 0 Å². The summed E-state index contributed by atoms with van der Waals surface area (Å²) in [7, 11) is 3.97. The van der Waals surface area contributed by atoms with Gasteiger partial charge in [-0.2, -0.15) is 0 Å². The third kappa shape index (κ3) is 4.02. The fraction of sp³-hybridized carbons (Fsp3) is 0.643. The second-order valence-electron chi connectivity index (χ2n) is 5.45. The van der Waals surface area contributed by atoms with E-state index in [-0.39, 0.29) is 11.9 Å². The summed E-state index contributed by atoms with van der Waals surface area (Å²) >= 11 is 1.69. The minimum Gasteiger partial charge on any atom is -0.340 e. The Morgan fingerprint density at radius 1 is 1.55 bits per heavy atom. The maximum atomic E-state index is 12.3. The molecule has 2 rings (SSSR count). The van der Waals surface area contributed by atoms with Gasteiger partial charge in [0.2, 0.25) is 5.91 Å². The van der Waals surface area contributed by atoms with Gasteiger partial charge in [0.1, 0.15) is 0 Å². The smallest absolute Gasteiger partial charge is 0.236 e. The van der Waals surface area contributed by atoms with Crippen LogP contribution in [0.2, 0.25) is 0 Å². The van der Waals surface area contributed by atoms with Crippen molar-refractivity contribution in [2.45, 2.75) is 12.6 Å². The average molecular weight is 296 g/mol. The first-order valence-corrected chi connectivity index (χ1v) is 7.87. The molecule has 2 N–H and O–H groups in total. The highest BCUT2D eigenvalue weighted by molar-refractivity contribution is 7.09. The van der Waals surface area contributed by atoms with Crippen molar-refractivity contribution >= 4 is 17.2 Å². The van der Waals surface area contributed by atoms with Crippen LogP contribution in [0.3, 0.4) is 0 Å². The molecule has 1 atom stereocenters. The normalized spacial score (nSPS) is 21.1. The van der Waals surface area contributed by atoms with Gasteiger partial charge in [-0.1, -0.05) is 6.07 Å². The van der Waals surface area contributed by atoms with Crippen LogP contribution in [0.25, 0.3) is 0 Å². The van der Waals surface area contributed by atoms with Crippen molar-refractivity contribution in [2.24, 2.45) is 5.73 Å². The van der Waals surface area contributed by atoms with Gasteiger partial charge in [0.05, 0.1) is 13.1 Å². The maximum absolute atomic E-state index is 12.3. The molecule has 0 radical (unpaired) electrons. The molecule has 112 valence electrons. The fourth-order valence-corrected chi connectivity index (χ4v) is 3.26. The summed E-state index contributed by atoms with van der Waals surface area (Å²) < 4.78 is 0. The van der Waals surface area contributed by atoms with Crippen LogP contribution in [0.5, 0.6) is 0 Å². The van der Waals surface area contributed by atoms with Crippen LogP contribution < -0.4 is 5.73 Å². The number of hydrogen-bond donors (Lipinski definition) is 1. The van der Waals surface area contributed by atoms with E-state index < -0.39 is 0 Å². The van der Waals surface area contributed by atoms with E-state index in [0.29, 0.717) is 19.6 Å². The summed E-state index contributed by atoms with van der Waals surface area (Å²) in [4.78, 5) is 19.8. The Hall–Kier alpha value is -0.950. The lowest BCUT2D eigenvalue weighted by molar-refractivity contribution is -0.132. The Morgan fingerprint density at radius 2 is 2.35 bits per heavy atom. The van der Waals surface area contributed by atoms with Gasteiger partial charge in [-0.15, -0.1) is 11.3 Å². The van der Waals surface area contributed by atoms with Gasteiger partial charge in [-0.25, -0.2) is 0 Å². The number of nitrogens with two attached hydrogens (primary N) is 1. The van der Waals surface area contributed by atoms with E-state index in [9.17, 15) is 4.79 Å². The molecule has 2 heterocycles. The molecule has 1 aliphatic heterocycles. The largest absolute Gasteiger partial charge is 0.340 e. The summed E-state index contributed by atoms with van der Waals surface area (Å²) in [6, 6.07) is 4.36. The molecule has 1 aromatic rings. The number of carbonyl (C=O) groups excluding carboxylic acids is 1. The molecule has 5 nitrogen and oxygen atoms in total. The average Bonchev–Trinajstić information content (AvgIpc) is 2.93. The molecular formula is C14H24N4OS. The molecule has 1 saturated heterocycles. The number of nitrogens with zero attached hydrogens (tertiary/aromatic N) is 3. The van der Waals surface area contributed by atoms with Crippen molar-refractivity contribution in [3.8, 4) is 0 Å². The number of likely N-dealkylation sites (N-methyl/N-ethyl adjacent to an activating group) is 2. The minimum atomic E-state index is 0.168. The Balaban J connectivity index is 1.86. The third-order valence-corrected chi connectivity index (χ3v) is 4.68. The number of thiophene rings is 1. The summed E-state index contributed by atoms with van der Waals surface area (Å²) in [5.41, 5.74) is 5.83. The molecule has 0 aliphatic carbocycles. The first kappa shape index (κ1) is 15.4. The van der Waals surface area contributed by atoms with Crippen molar-refractivity contribution in [2.75, 3.05) is 46.8 Å². The lowest BCUT2D eigenvalue weighted by Crippen LogP contribution is -2.56. The summed E-state index contributed by atoms with van der Waals surface area (Å²) in [6.45, 7) is 4.62. The van der Waals surface area contributed by atoms with Gasteiger partial charge in [-0.05, 0) is 18.5 Å². The van der Waals surface area contributed by atoms with Crippen molar-refractivity contribution in [3.05, 3.63) is 22.4 Å². The molecule has 1 unspecified atom stereocenters. The van der Waals surface area contributed by atoms with Gasteiger partial charge in [0, 0.05) is 44.1 Å². The number of hydrogen-bond acceptors (Lipinski definition) is 5. The molecule has 20 heavy (non-hydrogen) atoms. The summed E-state index contributed by atoms with van der Waals surface area (Å²) in [6.07, 6.45) is 0. The van der Waals surface area contributed by atoms with E-state index in [0.717, 1.165) is 19.6 Å². The van der Waals surface area contributed by atoms with E-state index in [2.05, 4.69) is 22.9 Å². The zero-order valence-electron chi connectivity index (χ0n) is 12.3. The highest BCUT2D eigenvalue weighted by atomic mass is 32.1. The number of carbonyl (C=O) groups is 1. The number of piperazine rings is 1. The molecule has 1 aliphatic rings. The standard InChI is InChI=1S/C14H24N4OS/c1-16-5-6-18(12(8-15)9-16)11-14(19)17(2)10-13-4-3-7-20-13/h3-4,7,12H,5-6,8-11,15H2,1-2H3. The maximum Gasteiger partial charge on any atom is 0.236 e. The van der Waals surface area contributed by atoms with E-state index in [4.69, 9.17) is 5.73 Å². The lowest BCUT2D eigenvalue weighted by Gasteiger charge is -2.39. The Labute approximate surface area is 124 Å². The monoisotopic (exact) mass is 296 g/mol. The topological polar surface area (TPSA) is 52.8 Å². The van der Waals surface area contributed by atoms with Crippen molar-refractivity contribution in [3.63, 3.8) is 0 Å². The molecule has 0 bridgehead atoms. The predicted octanol–water partition coefficient (Wildman–Crippen LogP) is 0.281. The SMILES string of the molecule is CN1CCN(CC(=O)N(C)Cc2cccs2)C(CN)C1. The van der Waals surface area contributed by atoms with Crippen LogP contribution in [0.15, 0.2) is 17.5 Å². The minimum absolute atomic E-state index is 0.168. The molecule has 1 aromatic heterocycles. The lowest BCUT2D eigenvalue weighted by atomic mass is 10.1. The van der Waals surface area contributed by atoms with E-state index in [1.165, 1.54) is 4.88 Å². The van der Waals surface area contributed by atoms with Crippen molar-refractivity contribution in [1.82, 2.24) is 14.7 Å². The third-order valence-electron chi connectivity index (χ3n) is 3.82. The molecule has 1 fully saturated rings. The Morgan fingerprint density at radius 3 is 3.00 bits per heavy atom. The van der Waals surface area contributed by atoms with Crippen LogP contribution in [-0.4, -0.2) is 73.5 Å². The Bertz CT molecular complexity index is 423. The van der Waals surface area contributed by atoms with Gasteiger partial charge >= 0.3 is 0 Å². The highest BCUT2D eigenvalue weighted by Gasteiger charge is 2.26. The molecule has 6 heteroatoms. The van der Waals surface area contributed by atoms with Crippen LogP contribution >= 0.6 is 11.3 Å². The van der Waals surface area contributed by atoms with E-state index >= 15 is 0 Å². The molecule has 0 saturated carbocycles. The zero-order valence-corrected chi connectivity index (χ0v) is 13.1. The number of amides is 1. The summed E-state index contributed by atoms with van der Waals surface area (Å²) in [5.74, 6) is 0.168. The second-order valence-corrected chi connectivity index (χ2v) is 6.48. The van der Waals surface area contributed by atoms with Crippen molar-refractivity contribution < 1.29 is 4.79 Å². The first-order valence-electron chi connectivity index (χ1n) is 6.99. The van der Waals surface area contributed by atoms with E-state index in [1.807, 2.05) is 18.5 Å². The zero-order chi connectivity index (χ0) is 14.5. The molecule has 0 spiro atoms. The first-order chi connectivity index (χ1) is 9.60. The van der Waals surface area contributed by atoms with Crippen LogP contribution in [-0.2, 0) is 11.3 Å². The summed E-state index contributed by atoms with van der Waals surface area (Å²) in [5, 5.41) is 2.04. The Kier molecular flexibility index (Phi) is 5.54. The van der Waals surface area contributed by atoms with Crippen LogP contribution in [0.4, 0.5) is 0 Å². The van der Waals surface area contributed by atoms with Crippen LogP contribution in [0, 0.1) is 0 Å². The molecular weight excluding hydrogens is 272 g/mol. The molecule has 1 amide bonds. The predicted molar refractivity (Wildman–Crippen MR) is 82.7 cm³/mol. The van der Waals surface area contributed by atoms with Gasteiger partial charge in [-0.3, -0.25) is 9.69 Å². The van der Waals surface area contributed by atoms with Crippen molar-refractivity contribution in [1.29, 1.82) is 0 Å². The van der Waals surface area contributed by atoms with Gasteiger partial charge < -0.3 is 15.5 Å². The van der Waals surface area contributed by atoms with E-state index in [1.54, 1.807) is 16.2 Å². The number of rotatable bonds is 5. The van der Waals surface area contributed by atoms with Crippen LogP contribution in [0.1, 0.15) is 4.88 Å². The second kappa shape index (κ2) is 7.17. The quantitative estimate of drug-likeness (QED) is 0.848. The fourth-order valence-electron chi connectivity index (χ4n) is 2.50. The highest BCUT2D eigenvalue weighted by Crippen LogP contribution is 2.12. The molecule has 0 aromatic carbocycles. The van der Waals surface area contributed by atoms with Gasteiger partial charge in [0.15, 0.2) is 0 Å².